The van der Waals surface area contributed by atoms with E-state index in [0.29, 0.717) is 0 Å². The van der Waals surface area contributed by atoms with Gasteiger partial charge in [0.2, 0.25) is 0 Å². The summed E-state index contributed by atoms with van der Waals surface area (Å²) in [4.78, 5) is 16.3. The van der Waals surface area contributed by atoms with Crippen molar-refractivity contribution in [2.75, 3.05) is 10.6 Å². The summed E-state index contributed by atoms with van der Waals surface area (Å²) in [7, 11) is 0. The van der Waals surface area contributed by atoms with Crippen LogP contribution in [0.2, 0.25) is 0 Å². The molecule has 0 unspecified atom stereocenters. The molecule has 2 N–H and O–H groups in total. The van der Waals surface area contributed by atoms with Crippen molar-refractivity contribution in [3.63, 3.8) is 0 Å². The summed E-state index contributed by atoms with van der Waals surface area (Å²) in [6.07, 6.45) is -3.23. The molecule has 4 nitrogen and oxygen atoms in total. The maximum atomic E-state index is 13.3. The molecule has 2 aromatic carbocycles. The van der Waals surface area contributed by atoms with Crippen molar-refractivity contribution in [3.8, 4) is 0 Å². The van der Waals surface area contributed by atoms with Crippen LogP contribution in [0.4, 0.5) is 39.1 Å². The van der Waals surface area contributed by atoms with Crippen LogP contribution in [0, 0.1) is 11.6 Å². The molecule has 3 aromatic rings. The second-order valence-electron chi connectivity index (χ2n) is 5.72. The van der Waals surface area contributed by atoms with Crippen molar-refractivity contribution in [2.24, 2.45) is 0 Å². The van der Waals surface area contributed by atoms with Gasteiger partial charge < -0.3 is 10.6 Å². The first-order chi connectivity index (χ1) is 13.2. The lowest BCUT2D eigenvalue weighted by Crippen LogP contribution is -2.13. The normalized spacial score (nSPS) is 11.2. The maximum absolute atomic E-state index is 13.3. The summed E-state index contributed by atoms with van der Waals surface area (Å²) < 4.78 is 64.5. The largest absolute Gasteiger partial charge is 0.416 e. The van der Waals surface area contributed by atoms with Crippen LogP contribution in [0.1, 0.15) is 15.9 Å². The minimum Gasteiger partial charge on any atom is -0.340 e. The molecule has 0 aliphatic carbocycles. The molecule has 0 spiro atoms. The second-order valence-corrected chi connectivity index (χ2v) is 5.72. The van der Waals surface area contributed by atoms with Crippen LogP contribution in [0.5, 0.6) is 0 Å². The Kier molecular flexibility index (Phi) is 5.25. The third-order valence-corrected chi connectivity index (χ3v) is 3.66. The van der Waals surface area contributed by atoms with Crippen molar-refractivity contribution in [1.29, 1.82) is 0 Å². The average molecular weight is 393 g/mol. The van der Waals surface area contributed by atoms with Crippen LogP contribution in [-0.4, -0.2) is 10.9 Å². The third-order valence-electron chi connectivity index (χ3n) is 3.66. The highest BCUT2D eigenvalue weighted by Gasteiger charge is 2.30. The van der Waals surface area contributed by atoms with Crippen LogP contribution in [0.25, 0.3) is 0 Å². The number of nitrogens with one attached hydrogen (secondary N) is 2. The summed E-state index contributed by atoms with van der Waals surface area (Å²) in [5.74, 6) is -2.55. The first-order valence-corrected chi connectivity index (χ1v) is 7.89. The van der Waals surface area contributed by atoms with Gasteiger partial charge >= 0.3 is 6.18 Å². The number of anilines is 3. The molecular weight excluding hydrogens is 381 g/mol. The number of carbonyl (C=O) groups is 1. The van der Waals surface area contributed by atoms with E-state index in [1.165, 1.54) is 36.5 Å². The Labute approximate surface area is 156 Å². The van der Waals surface area contributed by atoms with Crippen LogP contribution in [0.15, 0.2) is 60.8 Å². The van der Waals surface area contributed by atoms with Gasteiger partial charge in [-0.1, -0.05) is 6.07 Å². The zero-order valence-electron chi connectivity index (χ0n) is 14.0. The number of aromatic nitrogens is 1. The molecule has 3 rings (SSSR count). The maximum Gasteiger partial charge on any atom is 0.416 e. The van der Waals surface area contributed by atoms with Crippen LogP contribution in [-0.2, 0) is 6.18 Å². The molecular formula is C19H12F5N3O. The fraction of sp³-hybridized carbons (Fsp3) is 0.0526. The van der Waals surface area contributed by atoms with Crippen molar-refractivity contribution in [3.05, 3.63) is 83.6 Å². The molecule has 0 aliphatic heterocycles. The Morgan fingerprint density at radius 2 is 1.68 bits per heavy atom. The highest BCUT2D eigenvalue weighted by molar-refractivity contribution is 6.04. The number of rotatable bonds is 4. The minimum atomic E-state index is -4.53. The van der Waals surface area contributed by atoms with Gasteiger partial charge in [0, 0.05) is 29.2 Å². The van der Waals surface area contributed by atoms with Crippen LogP contribution < -0.4 is 10.6 Å². The highest BCUT2D eigenvalue weighted by atomic mass is 19.4. The quantitative estimate of drug-likeness (QED) is 0.586. The molecule has 1 aromatic heterocycles. The van der Waals surface area contributed by atoms with Crippen LogP contribution >= 0.6 is 0 Å². The van der Waals surface area contributed by atoms with Crippen molar-refractivity contribution >= 4 is 23.1 Å². The number of hydrogen-bond donors (Lipinski definition) is 2. The van der Waals surface area contributed by atoms with Gasteiger partial charge in [-0.3, -0.25) is 4.79 Å². The summed E-state index contributed by atoms with van der Waals surface area (Å²) >= 11 is 0. The van der Waals surface area contributed by atoms with E-state index in [4.69, 9.17) is 0 Å². The number of nitrogens with zero attached hydrogens (tertiary/aromatic N) is 1. The Morgan fingerprint density at radius 1 is 0.893 bits per heavy atom. The van der Waals surface area contributed by atoms with Gasteiger partial charge in [0.05, 0.1) is 5.56 Å². The molecule has 0 radical (unpaired) electrons. The molecule has 144 valence electrons. The van der Waals surface area contributed by atoms with Gasteiger partial charge in [0.25, 0.3) is 5.91 Å². The summed E-state index contributed by atoms with van der Waals surface area (Å²) in [5.41, 5.74) is -0.591. The predicted molar refractivity (Wildman–Crippen MR) is 93.3 cm³/mol. The highest BCUT2D eigenvalue weighted by Crippen LogP contribution is 2.30. The number of pyridine rings is 1. The monoisotopic (exact) mass is 393 g/mol. The van der Waals surface area contributed by atoms with E-state index in [1.54, 1.807) is 0 Å². The number of alkyl halides is 3. The van der Waals surface area contributed by atoms with Crippen molar-refractivity contribution < 1.29 is 26.7 Å². The lowest BCUT2D eigenvalue weighted by Gasteiger charge is -2.11. The van der Waals surface area contributed by atoms with E-state index < -0.39 is 29.3 Å². The zero-order valence-corrected chi connectivity index (χ0v) is 14.0. The summed E-state index contributed by atoms with van der Waals surface area (Å²) in [6.45, 7) is 0. The third kappa shape index (κ3) is 4.61. The summed E-state index contributed by atoms with van der Waals surface area (Å²) in [5, 5.41) is 5.09. The van der Waals surface area contributed by atoms with E-state index in [-0.39, 0.29) is 22.8 Å². The molecule has 1 amide bonds. The number of benzene rings is 2. The zero-order chi connectivity index (χ0) is 20.3. The lowest BCUT2D eigenvalue weighted by molar-refractivity contribution is -0.137. The number of amides is 1. The van der Waals surface area contributed by atoms with Gasteiger partial charge in [-0.2, -0.15) is 13.2 Å². The Balaban J connectivity index is 1.76. The first-order valence-electron chi connectivity index (χ1n) is 7.89. The molecule has 28 heavy (non-hydrogen) atoms. The second kappa shape index (κ2) is 7.63. The van der Waals surface area contributed by atoms with Gasteiger partial charge in [0.1, 0.15) is 5.82 Å². The first kappa shape index (κ1) is 19.3. The Bertz CT molecular complexity index is 1020. The fourth-order valence-corrected chi connectivity index (χ4v) is 2.34. The summed E-state index contributed by atoms with van der Waals surface area (Å²) in [6, 6.07) is 10.1. The molecule has 0 bridgehead atoms. The minimum absolute atomic E-state index is 0.0215. The predicted octanol–water partition coefficient (Wildman–Crippen LogP) is 5.37. The number of halogens is 5. The van der Waals surface area contributed by atoms with E-state index in [2.05, 4.69) is 15.6 Å². The van der Waals surface area contributed by atoms with Crippen molar-refractivity contribution in [2.45, 2.75) is 6.18 Å². The lowest BCUT2D eigenvalue weighted by atomic mass is 10.2. The van der Waals surface area contributed by atoms with Gasteiger partial charge in [0.15, 0.2) is 11.6 Å². The number of carbonyl (C=O) groups excluding carboxylic acids is 1. The molecule has 9 heteroatoms. The van der Waals surface area contributed by atoms with E-state index >= 15 is 0 Å². The fourth-order valence-electron chi connectivity index (χ4n) is 2.34. The van der Waals surface area contributed by atoms with Gasteiger partial charge in [-0.05, 0) is 42.5 Å². The average Bonchev–Trinajstić information content (AvgIpc) is 2.64. The number of hydrogen-bond acceptors (Lipinski definition) is 3. The Morgan fingerprint density at radius 3 is 2.39 bits per heavy atom. The smallest absolute Gasteiger partial charge is 0.340 e. The molecule has 0 saturated carbocycles. The SMILES string of the molecule is O=C(Nc1cccc(C(F)(F)F)c1)c1ccnc(Nc2ccc(F)c(F)c2)c1. The topological polar surface area (TPSA) is 54.0 Å². The van der Waals surface area contributed by atoms with E-state index in [0.717, 1.165) is 24.3 Å². The van der Waals surface area contributed by atoms with E-state index in [1.807, 2.05) is 0 Å². The molecule has 0 aliphatic rings. The molecule has 0 atom stereocenters. The Hall–Kier alpha value is -3.49. The van der Waals surface area contributed by atoms with E-state index in [9.17, 15) is 26.7 Å². The molecule has 1 heterocycles. The molecule has 0 fully saturated rings. The van der Waals surface area contributed by atoms with Crippen LogP contribution in [0.3, 0.4) is 0 Å². The van der Waals surface area contributed by atoms with Crippen molar-refractivity contribution in [1.82, 2.24) is 4.98 Å². The molecule has 0 saturated heterocycles. The van der Waals surface area contributed by atoms with Gasteiger partial charge in [-0.25, -0.2) is 13.8 Å². The standard InChI is InChI=1S/C19H12F5N3O/c20-15-5-4-14(10-16(15)21)26-17-8-11(6-7-25-17)18(28)27-13-3-1-2-12(9-13)19(22,23)24/h1-10H,(H,25,26)(H,27,28). The van der Waals surface area contributed by atoms with Gasteiger partial charge in [-0.15, -0.1) is 0 Å².